The van der Waals surface area contributed by atoms with E-state index in [0.717, 1.165) is 17.0 Å². The van der Waals surface area contributed by atoms with E-state index in [0.29, 0.717) is 11.6 Å². The van der Waals surface area contributed by atoms with Gasteiger partial charge in [0.15, 0.2) is 11.5 Å². The predicted molar refractivity (Wildman–Crippen MR) is 109 cm³/mol. The Labute approximate surface area is 175 Å². The molecule has 0 saturated carbocycles. The monoisotopic (exact) mass is 426 g/mol. The van der Waals surface area contributed by atoms with Crippen molar-refractivity contribution in [1.82, 2.24) is 9.72 Å². The van der Waals surface area contributed by atoms with E-state index in [4.69, 9.17) is 20.9 Å². The fourth-order valence-electron chi connectivity index (χ4n) is 3.21. The van der Waals surface area contributed by atoms with Gasteiger partial charge >= 0.3 is 5.97 Å². The lowest BCUT2D eigenvalue weighted by Crippen LogP contribution is -2.06. The average Bonchev–Trinajstić information content (AvgIpc) is 3.34. The number of aryl methyl sites for hydroxylation is 2. The number of halogens is 1. The molecule has 1 aliphatic heterocycles. The van der Waals surface area contributed by atoms with Crippen LogP contribution in [0, 0.1) is 30.9 Å². The number of carbonyl (C=O) groups is 1. The Balaban J connectivity index is 1.72. The lowest BCUT2D eigenvalue weighted by molar-refractivity contribution is -0.384. The summed E-state index contributed by atoms with van der Waals surface area (Å²) < 4.78 is 12.3. The second kappa shape index (κ2) is 7.27. The van der Waals surface area contributed by atoms with Crippen LogP contribution in [0.25, 0.3) is 11.9 Å². The van der Waals surface area contributed by atoms with Gasteiger partial charge in [-0.25, -0.2) is 9.79 Å². The number of esters is 1. The number of hydrogen-bond acceptors (Lipinski definition) is 7. The standard InChI is InChI=1S/C20H15ClN4O5/c1-10-6-14(12(3)24(10)18-7-11(2)30-23-18)8-16-20(26)29-19(22-16)13-4-5-15(21)17(9-13)25(27)28/h4-9H,1-3H3. The van der Waals surface area contributed by atoms with E-state index in [1.807, 2.05) is 30.5 Å². The van der Waals surface area contributed by atoms with Crippen molar-refractivity contribution in [2.75, 3.05) is 0 Å². The van der Waals surface area contributed by atoms with Crippen molar-refractivity contribution in [3.63, 3.8) is 0 Å². The first-order valence-electron chi connectivity index (χ1n) is 8.84. The van der Waals surface area contributed by atoms with Crippen LogP contribution in [0.15, 0.2) is 45.5 Å². The molecule has 3 heterocycles. The number of nitrogens with zero attached hydrogens (tertiary/aromatic N) is 4. The number of ether oxygens (including phenoxy) is 1. The summed E-state index contributed by atoms with van der Waals surface area (Å²) >= 11 is 5.83. The highest BCUT2D eigenvalue weighted by Crippen LogP contribution is 2.28. The molecule has 9 nitrogen and oxygen atoms in total. The summed E-state index contributed by atoms with van der Waals surface area (Å²) in [6.45, 7) is 5.60. The molecule has 1 aromatic carbocycles. The maximum atomic E-state index is 12.3. The molecule has 0 amide bonds. The molecule has 0 radical (unpaired) electrons. The van der Waals surface area contributed by atoms with Gasteiger partial charge in [0.1, 0.15) is 10.8 Å². The highest BCUT2D eigenvalue weighted by molar-refractivity contribution is 6.32. The second-order valence-corrected chi connectivity index (χ2v) is 7.12. The minimum absolute atomic E-state index is 0.0139. The highest BCUT2D eigenvalue weighted by Gasteiger charge is 2.27. The van der Waals surface area contributed by atoms with Crippen LogP contribution in [-0.2, 0) is 9.53 Å². The maximum absolute atomic E-state index is 12.3. The number of cyclic esters (lactones) is 1. The number of nitro benzene ring substituents is 1. The number of nitro groups is 1. The number of rotatable bonds is 4. The Morgan fingerprint density at radius 2 is 1.97 bits per heavy atom. The lowest BCUT2D eigenvalue weighted by Gasteiger charge is -2.03. The molecule has 0 saturated heterocycles. The summed E-state index contributed by atoms with van der Waals surface area (Å²) in [5, 5.41) is 15.1. The number of aromatic nitrogens is 2. The van der Waals surface area contributed by atoms with Gasteiger partial charge in [-0.05, 0) is 50.6 Å². The summed E-state index contributed by atoms with van der Waals surface area (Å²) in [5.74, 6) is 0.651. The fourth-order valence-corrected chi connectivity index (χ4v) is 3.40. The number of hydrogen-bond donors (Lipinski definition) is 0. The Kier molecular flexibility index (Phi) is 4.75. The van der Waals surface area contributed by atoms with Crippen LogP contribution in [0.4, 0.5) is 5.69 Å². The van der Waals surface area contributed by atoms with Crippen molar-refractivity contribution in [3.8, 4) is 5.82 Å². The third-order valence-corrected chi connectivity index (χ3v) is 4.94. The Bertz CT molecular complexity index is 1270. The van der Waals surface area contributed by atoms with Crippen molar-refractivity contribution in [2.24, 2.45) is 4.99 Å². The molecular formula is C20H15ClN4O5. The van der Waals surface area contributed by atoms with Crippen LogP contribution < -0.4 is 0 Å². The summed E-state index contributed by atoms with van der Waals surface area (Å²) in [7, 11) is 0. The Morgan fingerprint density at radius 3 is 2.63 bits per heavy atom. The molecule has 2 aromatic heterocycles. The van der Waals surface area contributed by atoms with Gasteiger partial charge in [0.05, 0.1) is 4.92 Å². The van der Waals surface area contributed by atoms with Gasteiger partial charge in [-0.1, -0.05) is 16.8 Å². The highest BCUT2D eigenvalue weighted by atomic mass is 35.5. The molecule has 152 valence electrons. The first-order valence-corrected chi connectivity index (χ1v) is 9.22. The van der Waals surface area contributed by atoms with E-state index in [2.05, 4.69) is 10.1 Å². The third kappa shape index (κ3) is 3.39. The Morgan fingerprint density at radius 1 is 1.20 bits per heavy atom. The molecule has 3 aromatic rings. The lowest BCUT2D eigenvalue weighted by atomic mass is 10.2. The van der Waals surface area contributed by atoms with Crippen LogP contribution >= 0.6 is 11.6 Å². The molecule has 30 heavy (non-hydrogen) atoms. The van der Waals surface area contributed by atoms with Crippen molar-refractivity contribution < 1.29 is 19.0 Å². The van der Waals surface area contributed by atoms with Gasteiger partial charge in [-0.2, -0.15) is 0 Å². The van der Waals surface area contributed by atoms with Crippen molar-refractivity contribution in [3.05, 3.63) is 79.4 Å². The van der Waals surface area contributed by atoms with E-state index in [9.17, 15) is 14.9 Å². The third-order valence-electron chi connectivity index (χ3n) is 4.62. The van der Waals surface area contributed by atoms with E-state index in [1.165, 1.54) is 18.2 Å². The fraction of sp³-hybridized carbons (Fsp3) is 0.150. The molecular weight excluding hydrogens is 412 g/mol. The molecule has 0 N–H and O–H groups in total. The summed E-state index contributed by atoms with van der Waals surface area (Å²) in [6.07, 6.45) is 1.60. The first kappa shape index (κ1) is 19.6. The SMILES string of the molecule is Cc1cc(-n2c(C)cc(C=C3N=C(c4ccc(Cl)c([N+](=O)[O-])c4)OC3=O)c2C)no1. The second-order valence-electron chi connectivity index (χ2n) is 6.72. The zero-order valence-electron chi connectivity index (χ0n) is 16.2. The van der Waals surface area contributed by atoms with Crippen LogP contribution in [-0.4, -0.2) is 26.5 Å². The van der Waals surface area contributed by atoms with Gasteiger partial charge in [0.2, 0.25) is 5.90 Å². The normalized spacial score (nSPS) is 14.9. The first-order chi connectivity index (χ1) is 14.2. The maximum Gasteiger partial charge on any atom is 0.363 e. The quantitative estimate of drug-likeness (QED) is 0.266. The van der Waals surface area contributed by atoms with Crippen LogP contribution in [0.1, 0.15) is 28.3 Å². The van der Waals surface area contributed by atoms with E-state index in [-0.39, 0.29) is 27.9 Å². The van der Waals surface area contributed by atoms with Crippen molar-refractivity contribution >= 4 is 35.2 Å². The topological polar surface area (TPSA) is 113 Å². The molecule has 0 aliphatic carbocycles. The minimum Gasteiger partial charge on any atom is -0.402 e. The van der Waals surface area contributed by atoms with E-state index >= 15 is 0 Å². The molecule has 10 heteroatoms. The molecule has 0 unspecified atom stereocenters. The van der Waals surface area contributed by atoms with Gasteiger partial charge in [-0.3, -0.25) is 14.7 Å². The van der Waals surface area contributed by atoms with Gasteiger partial charge < -0.3 is 9.26 Å². The molecule has 0 spiro atoms. The van der Waals surface area contributed by atoms with Crippen molar-refractivity contribution in [2.45, 2.75) is 20.8 Å². The largest absolute Gasteiger partial charge is 0.402 e. The molecule has 0 atom stereocenters. The smallest absolute Gasteiger partial charge is 0.363 e. The summed E-state index contributed by atoms with van der Waals surface area (Å²) in [4.78, 5) is 27.0. The molecule has 0 fully saturated rings. The number of benzene rings is 1. The number of carbonyl (C=O) groups excluding carboxylic acids is 1. The van der Waals surface area contributed by atoms with Crippen molar-refractivity contribution in [1.29, 1.82) is 0 Å². The molecule has 0 bridgehead atoms. The van der Waals surface area contributed by atoms with Crippen LogP contribution in [0.2, 0.25) is 5.02 Å². The predicted octanol–water partition coefficient (Wildman–Crippen LogP) is 4.30. The van der Waals surface area contributed by atoms with Gasteiger partial charge in [-0.15, -0.1) is 0 Å². The number of aliphatic imine (C=N–C) groups is 1. The van der Waals surface area contributed by atoms with Crippen LogP contribution in [0.5, 0.6) is 0 Å². The van der Waals surface area contributed by atoms with E-state index < -0.39 is 10.9 Å². The van der Waals surface area contributed by atoms with Gasteiger partial charge in [0, 0.05) is 29.1 Å². The zero-order chi connectivity index (χ0) is 21.6. The van der Waals surface area contributed by atoms with E-state index in [1.54, 1.807) is 13.0 Å². The zero-order valence-corrected chi connectivity index (χ0v) is 16.9. The molecule has 1 aliphatic rings. The van der Waals surface area contributed by atoms with Crippen LogP contribution in [0.3, 0.4) is 0 Å². The average molecular weight is 427 g/mol. The molecule has 4 rings (SSSR count). The Hall–Kier alpha value is -3.72. The summed E-state index contributed by atoms with van der Waals surface area (Å²) in [6, 6.07) is 7.78. The van der Waals surface area contributed by atoms with Gasteiger partial charge in [0.25, 0.3) is 5.69 Å². The summed E-state index contributed by atoms with van der Waals surface area (Å²) in [5.41, 5.74) is 2.57. The minimum atomic E-state index is -0.648.